The van der Waals surface area contributed by atoms with Crippen LogP contribution in [0.2, 0.25) is 0 Å². The number of benzene rings is 1. The van der Waals surface area contributed by atoms with Crippen LogP contribution in [-0.2, 0) is 16.1 Å². The van der Waals surface area contributed by atoms with Gasteiger partial charge in [-0.2, -0.15) is 0 Å². The van der Waals surface area contributed by atoms with Gasteiger partial charge in [-0.05, 0) is 48.7 Å². The molecule has 1 atom stereocenters. The molecule has 3 N–H and O–H groups in total. The van der Waals surface area contributed by atoms with E-state index in [-0.39, 0.29) is 18.0 Å². The summed E-state index contributed by atoms with van der Waals surface area (Å²) in [6.45, 7) is 1.13. The summed E-state index contributed by atoms with van der Waals surface area (Å²) in [4.78, 5) is 28.4. The molecular weight excluding hydrogens is 370 g/mol. The topological polar surface area (TPSA) is 96.8 Å². The van der Waals surface area contributed by atoms with Crippen LogP contribution in [0.1, 0.15) is 24.8 Å². The van der Waals surface area contributed by atoms with E-state index in [0.717, 1.165) is 30.7 Å². The Labute approximate surface area is 168 Å². The van der Waals surface area contributed by atoms with E-state index in [2.05, 4.69) is 20.9 Å². The van der Waals surface area contributed by atoms with E-state index in [9.17, 15) is 9.59 Å². The largest absolute Gasteiger partial charge is 0.378 e. The van der Waals surface area contributed by atoms with Crippen LogP contribution in [0.4, 0.5) is 16.2 Å². The Morgan fingerprint density at radius 3 is 2.66 bits per heavy atom. The van der Waals surface area contributed by atoms with Gasteiger partial charge in [-0.15, -0.1) is 0 Å². The molecular formula is C21H23N5O3. The fourth-order valence-corrected chi connectivity index (χ4v) is 3.29. The highest BCUT2D eigenvalue weighted by atomic mass is 16.5. The second-order valence-electron chi connectivity index (χ2n) is 7.00. The van der Waals surface area contributed by atoms with Crippen LogP contribution < -0.4 is 16.0 Å². The minimum Gasteiger partial charge on any atom is -0.378 e. The molecule has 0 radical (unpaired) electrons. The third-order valence-electron chi connectivity index (χ3n) is 4.77. The monoisotopic (exact) mass is 393 g/mol. The number of hydrogen-bond acceptors (Lipinski definition) is 4. The van der Waals surface area contributed by atoms with Crippen LogP contribution in [0.5, 0.6) is 0 Å². The van der Waals surface area contributed by atoms with Crippen LogP contribution >= 0.6 is 0 Å². The number of rotatable bonds is 6. The number of carbonyl (C=O) groups is 2. The molecule has 8 nitrogen and oxygen atoms in total. The predicted octanol–water partition coefficient (Wildman–Crippen LogP) is 3.16. The quantitative estimate of drug-likeness (QED) is 0.599. The number of imidazole rings is 1. The van der Waals surface area contributed by atoms with E-state index in [0.29, 0.717) is 24.3 Å². The van der Waals surface area contributed by atoms with E-state index < -0.39 is 0 Å². The van der Waals surface area contributed by atoms with Crippen molar-refractivity contribution in [1.29, 1.82) is 0 Å². The molecule has 1 fully saturated rings. The molecule has 3 amide bonds. The Bertz CT molecular complexity index is 993. The van der Waals surface area contributed by atoms with Gasteiger partial charge in [-0.1, -0.05) is 6.07 Å². The number of urea groups is 1. The lowest BCUT2D eigenvalue weighted by Gasteiger charge is -2.11. The number of nitrogens with zero attached hydrogens (tertiary/aromatic N) is 2. The van der Waals surface area contributed by atoms with E-state index in [1.54, 1.807) is 30.5 Å². The lowest BCUT2D eigenvalue weighted by atomic mass is 10.1. The van der Waals surface area contributed by atoms with Crippen molar-refractivity contribution in [2.75, 3.05) is 17.2 Å². The Balaban J connectivity index is 1.24. The summed E-state index contributed by atoms with van der Waals surface area (Å²) >= 11 is 0. The first-order valence-electron chi connectivity index (χ1n) is 9.64. The van der Waals surface area contributed by atoms with Crippen LogP contribution in [0.3, 0.4) is 0 Å². The van der Waals surface area contributed by atoms with Gasteiger partial charge in [-0.25, -0.2) is 9.78 Å². The summed E-state index contributed by atoms with van der Waals surface area (Å²) in [6, 6.07) is 10.5. The van der Waals surface area contributed by atoms with Gasteiger partial charge in [0.1, 0.15) is 5.65 Å². The third kappa shape index (κ3) is 5.11. The summed E-state index contributed by atoms with van der Waals surface area (Å²) in [5.74, 6) is -0.0646. The van der Waals surface area contributed by atoms with Gasteiger partial charge in [0.15, 0.2) is 0 Å². The number of ether oxygens (including phenoxy) is 1. The van der Waals surface area contributed by atoms with Crippen molar-refractivity contribution in [2.24, 2.45) is 0 Å². The van der Waals surface area contributed by atoms with Crippen molar-refractivity contribution in [2.45, 2.75) is 31.9 Å². The summed E-state index contributed by atoms with van der Waals surface area (Å²) < 4.78 is 7.38. The molecule has 0 aliphatic carbocycles. The van der Waals surface area contributed by atoms with Crippen molar-refractivity contribution < 1.29 is 14.3 Å². The fraction of sp³-hybridized carbons (Fsp3) is 0.286. The van der Waals surface area contributed by atoms with Gasteiger partial charge < -0.3 is 25.1 Å². The molecule has 2 aromatic heterocycles. The highest BCUT2D eigenvalue weighted by Gasteiger charge is 2.19. The first-order chi connectivity index (χ1) is 14.2. The molecule has 4 rings (SSSR count). The van der Waals surface area contributed by atoms with Gasteiger partial charge in [-0.3, -0.25) is 4.79 Å². The SMILES string of the molecule is O=C(CC1CCCO1)Nc1ccc(NC(=O)NCc2ccc3nccn3c2)cc1. The predicted molar refractivity (Wildman–Crippen MR) is 110 cm³/mol. The Morgan fingerprint density at radius 1 is 1.10 bits per heavy atom. The lowest BCUT2D eigenvalue weighted by Crippen LogP contribution is -2.28. The van der Waals surface area contributed by atoms with Crippen LogP contribution in [0.15, 0.2) is 55.0 Å². The number of fused-ring (bicyclic) bond motifs is 1. The molecule has 1 unspecified atom stereocenters. The maximum absolute atomic E-state index is 12.1. The molecule has 29 heavy (non-hydrogen) atoms. The molecule has 0 spiro atoms. The molecule has 1 aromatic carbocycles. The van der Waals surface area contributed by atoms with Gasteiger partial charge in [0.2, 0.25) is 5.91 Å². The number of hydrogen-bond donors (Lipinski definition) is 3. The Hall–Kier alpha value is -3.39. The van der Waals surface area contributed by atoms with Crippen molar-refractivity contribution in [1.82, 2.24) is 14.7 Å². The van der Waals surface area contributed by atoms with Gasteiger partial charge in [0.25, 0.3) is 0 Å². The van der Waals surface area contributed by atoms with E-state index in [4.69, 9.17) is 4.74 Å². The normalized spacial score (nSPS) is 15.9. The van der Waals surface area contributed by atoms with Crippen molar-refractivity contribution in [3.63, 3.8) is 0 Å². The zero-order valence-electron chi connectivity index (χ0n) is 15.9. The summed E-state index contributed by atoms with van der Waals surface area (Å²) in [5, 5.41) is 8.46. The zero-order valence-corrected chi connectivity index (χ0v) is 15.9. The molecule has 150 valence electrons. The highest BCUT2D eigenvalue weighted by molar-refractivity contribution is 5.92. The number of carbonyl (C=O) groups excluding carboxylic acids is 2. The fourth-order valence-electron chi connectivity index (χ4n) is 3.29. The average molecular weight is 393 g/mol. The van der Waals surface area contributed by atoms with Gasteiger partial charge >= 0.3 is 6.03 Å². The molecule has 1 saturated heterocycles. The second-order valence-corrected chi connectivity index (χ2v) is 7.00. The lowest BCUT2D eigenvalue weighted by molar-refractivity contribution is -0.118. The van der Waals surface area contributed by atoms with Crippen molar-refractivity contribution in [3.8, 4) is 0 Å². The molecule has 8 heteroatoms. The Kier molecular flexibility index (Phi) is 5.71. The first-order valence-corrected chi connectivity index (χ1v) is 9.64. The molecule has 3 heterocycles. The van der Waals surface area contributed by atoms with E-state index in [1.165, 1.54) is 0 Å². The zero-order chi connectivity index (χ0) is 20.1. The maximum atomic E-state index is 12.1. The minimum atomic E-state index is -0.300. The molecule has 0 saturated carbocycles. The number of amides is 3. The molecule has 0 bridgehead atoms. The number of anilines is 2. The molecule has 1 aliphatic rings. The number of aromatic nitrogens is 2. The average Bonchev–Trinajstić information content (AvgIpc) is 3.39. The van der Waals surface area contributed by atoms with Crippen molar-refractivity contribution >= 4 is 29.0 Å². The highest BCUT2D eigenvalue weighted by Crippen LogP contribution is 2.18. The van der Waals surface area contributed by atoms with Gasteiger partial charge in [0, 0.05) is 43.1 Å². The summed E-state index contributed by atoms with van der Waals surface area (Å²) in [7, 11) is 0. The van der Waals surface area contributed by atoms with Crippen LogP contribution in [-0.4, -0.2) is 34.0 Å². The molecule has 1 aliphatic heterocycles. The summed E-state index contributed by atoms with van der Waals surface area (Å²) in [5.41, 5.74) is 3.16. The smallest absolute Gasteiger partial charge is 0.319 e. The molecule has 3 aromatic rings. The summed E-state index contributed by atoms with van der Waals surface area (Å²) in [6.07, 6.45) is 7.85. The third-order valence-corrected chi connectivity index (χ3v) is 4.77. The Morgan fingerprint density at radius 2 is 1.90 bits per heavy atom. The number of pyridine rings is 1. The van der Waals surface area contributed by atoms with E-state index >= 15 is 0 Å². The van der Waals surface area contributed by atoms with Crippen LogP contribution in [0.25, 0.3) is 5.65 Å². The van der Waals surface area contributed by atoms with Gasteiger partial charge in [0.05, 0.1) is 12.5 Å². The van der Waals surface area contributed by atoms with Crippen molar-refractivity contribution in [3.05, 3.63) is 60.6 Å². The van der Waals surface area contributed by atoms with Crippen LogP contribution in [0, 0.1) is 0 Å². The number of nitrogens with one attached hydrogen (secondary N) is 3. The second kappa shape index (κ2) is 8.74. The minimum absolute atomic E-state index is 0.0223. The standard InChI is InChI=1S/C21H23N5O3/c27-20(12-18-2-1-11-29-18)24-16-4-6-17(7-5-16)25-21(28)23-13-15-3-8-19-22-9-10-26(19)14-15/h3-10,14,18H,1-2,11-13H2,(H,24,27)(H2,23,25,28). The first kappa shape index (κ1) is 18.9. The van der Waals surface area contributed by atoms with E-state index in [1.807, 2.05) is 28.9 Å². The maximum Gasteiger partial charge on any atom is 0.319 e.